The molecule has 0 aliphatic heterocycles. The number of nitrogens with zero attached hydrogens (tertiary/aromatic N) is 2. The highest BCUT2D eigenvalue weighted by atomic mass is 35.5. The molecule has 1 aliphatic carbocycles. The summed E-state index contributed by atoms with van der Waals surface area (Å²) in [6.07, 6.45) is 4.97. The van der Waals surface area contributed by atoms with E-state index in [-0.39, 0.29) is 5.69 Å². The summed E-state index contributed by atoms with van der Waals surface area (Å²) in [6, 6.07) is 3.14. The number of benzene rings is 1. The van der Waals surface area contributed by atoms with Gasteiger partial charge in [-0.2, -0.15) is 5.10 Å². The van der Waals surface area contributed by atoms with E-state index in [1.807, 2.05) is 0 Å². The van der Waals surface area contributed by atoms with Crippen LogP contribution in [-0.2, 0) is 6.54 Å². The van der Waals surface area contributed by atoms with Crippen LogP contribution in [0.3, 0.4) is 0 Å². The number of aromatic nitrogens is 2. The van der Waals surface area contributed by atoms with Crippen molar-refractivity contribution >= 4 is 11.6 Å². The Morgan fingerprint density at radius 1 is 1.32 bits per heavy atom. The van der Waals surface area contributed by atoms with E-state index in [9.17, 15) is 8.78 Å². The van der Waals surface area contributed by atoms with Gasteiger partial charge in [0, 0.05) is 18.8 Å². The van der Waals surface area contributed by atoms with E-state index in [1.54, 1.807) is 0 Å². The maximum absolute atomic E-state index is 14.0. The van der Waals surface area contributed by atoms with E-state index in [0.29, 0.717) is 23.2 Å². The molecule has 0 spiro atoms. The molecule has 1 saturated carbocycles. The third-order valence-electron chi connectivity index (χ3n) is 3.03. The Bertz CT molecular complexity index is 585. The van der Waals surface area contributed by atoms with Crippen molar-refractivity contribution in [3.63, 3.8) is 0 Å². The number of halogens is 3. The normalized spacial score (nSPS) is 14.9. The summed E-state index contributed by atoms with van der Waals surface area (Å²) in [6.45, 7) is 0.471. The van der Waals surface area contributed by atoms with Gasteiger partial charge in [0.1, 0.15) is 5.69 Å². The quantitative estimate of drug-likeness (QED) is 0.935. The van der Waals surface area contributed by atoms with E-state index < -0.39 is 11.6 Å². The molecule has 0 unspecified atom stereocenters. The van der Waals surface area contributed by atoms with Crippen LogP contribution in [0, 0.1) is 11.6 Å². The van der Waals surface area contributed by atoms with Gasteiger partial charge in [-0.15, -0.1) is 0 Å². The predicted octanol–water partition coefficient (Wildman–Crippen LogP) is 3.06. The summed E-state index contributed by atoms with van der Waals surface area (Å²) in [4.78, 5) is 0. The maximum Gasteiger partial charge on any atom is 0.152 e. The Kier molecular flexibility index (Phi) is 3.24. The zero-order valence-corrected chi connectivity index (χ0v) is 10.8. The average molecular weight is 284 g/mol. The average Bonchev–Trinajstić information content (AvgIpc) is 3.09. The molecule has 0 saturated heterocycles. The van der Waals surface area contributed by atoms with Gasteiger partial charge in [-0.25, -0.2) is 13.5 Å². The molecule has 1 aliphatic rings. The first kappa shape index (κ1) is 12.6. The van der Waals surface area contributed by atoms with Gasteiger partial charge in [0.2, 0.25) is 0 Å². The third kappa shape index (κ3) is 2.77. The molecule has 100 valence electrons. The maximum atomic E-state index is 14.0. The molecular formula is C13H12ClF2N3. The lowest BCUT2D eigenvalue weighted by atomic mass is 10.2. The van der Waals surface area contributed by atoms with Gasteiger partial charge in [-0.1, -0.05) is 11.6 Å². The molecule has 1 aromatic carbocycles. The zero-order valence-electron chi connectivity index (χ0n) is 10.0. The molecule has 1 N–H and O–H groups in total. The molecule has 1 fully saturated rings. The summed E-state index contributed by atoms with van der Waals surface area (Å²) in [5.41, 5.74) is 0.381. The minimum absolute atomic E-state index is 0.206. The van der Waals surface area contributed by atoms with Crippen molar-refractivity contribution in [2.24, 2.45) is 0 Å². The number of hydrogen-bond acceptors (Lipinski definition) is 2. The van der Waals surface area contributed by atoms with Crippen molar-refractivity contribution in [2.45, 2.75) is 25.4 Å². The molecule has 3 nitrogen and oxygen atoms in total. The Hall–Kier alpha value is -1.46. The van der Waals surface area contributed by atoms with Crippen LogP contribution >= 0.6 is 11.6 Å². The Morgan fingerprint density at radius 3 is 2.53 bits per heavy atom. The van der Waals surface area contributed by atoms with Crippen molar-refractivity contribution < 1.29 is 8.78 Å². The molecule has 0 amide bonds. The van der Waals surface area contributed by atoms with Crippen LogP contribution in [0.2, 0.25) is 5.02 Å². The van der Waals surface area contributed by atoms with Gasteiger partial charge < -0.3 is 5.32 Å². The van der Waals surface area contributed by atoms with Crippen LogP contribution in [0.25, 0.3) is 5.69 Å². The minimum atomic E-state index is -0.646. The van der Waals surface area contributed by atoms with Crippen molar-refractivity contribution in [1.82, 2.24) is 15.1 Å². The first-order chi connectivity index (χ1) is 9.13. The molecule has 1 heterocycles. The molecule has 0 bridgehead atoms. The van der Waals surface area contributed by atoms with E-state index in [4.69, 9.17) is 11.6 Å². The van der Waals surface area contributed by atoms with Gasteiger partial charge in [0.05, 0.1) is 11.2 Å². The lowest BCUT2D eigenvalue weighted by Crippen LogP contribution is -2.16. The molecule has 6 heteroatoms. The fourth-order valence-electron chi connectivity index (χ4n) is 1.91. The lowest BCUT2D eigenvalue weighted by molar-refractivity contribution is 0.553. The Morgan fingerprint density at radius 2 is 2.00 bits per heavy atom. The van der Waals surface area contributed by atoms with Crippen LogP contribution < -0.4 is 5.32 Å². The summed E-state index contributed by atoms with van der Waals surface area (Å²) < 4.78 is 29.1. The molecule has 1 aromatic heterocycles. The predicted molar refractivity (Wildman–Crippen MR) is 68.4 cm³/mol. The monoisotopic (exact) mass is 283 g/mol. The smallest absolute Gasteiger partial charge is 0.152 e. The highest BCUT2D eigenvalue weighted by Crippen LogP contribution is 2.23. The molecular weight excluding hydrogens is 272 g/mol. The highest BCUT2D eigenvalue weighted by Gasteiger charge is 2.21. The number of rotatable bonds is 4. The largest absolute Gasteiger partial charge is 0.310 e. The second-order valence-electron chi connectivity index (χ2n) is 4.67. The lowest BCUT2D eigenvalue weighted by Gasteiger charge is -2.08. The van der Waals surface area contributed by atoms with E-state index in [0.717, 1.165) is 17.5 Å². The van der Waals surface area contributed by atoms with E-state index >= 15 is 0 Å². The van der Waals surface area contributed by atoms with Gasteiger partial charge >= 0.3 is 0 Å². The third-order valence-corrected chi connectivity index (χ3v) is 3.22. The standard InChI is InChI=1S/C13H12ClF2N3/c14-9-6-18-19(7-9)13-11(15)3-8(4-12(13)16)5-17-10-1-2-10/h3-4,6-7,10,17H,1-2,5H2. The van der Waals surface area contributed by atoms with E-state index in [1.165, 1.54) is 24.5 Å². The molecule has 19 heavy (non-hydrogen) atoms. The fourth-order valence-corrected chi connectivity index (χ4v) is 2.05. The van der Waals surface area contributed by atoms with Crippen molar-refractivity contribution in [3.8, 4) is 5.69 Å². The van der Waals surface area contributed by atoms with Crippen LogP contribution in [-0.4, -0.2) is 15.8 Å². The molecule has 2 aromatic rings. The van der Waals surface area contributed by atoms with E-state index in [2.05, 4.69) is 10.4 Å². The Balaban J connectivity index is 1.88. The van der Waals surface area contributed by atoms with Gasteiger partial charge in [-0.3, -0.25) is 0 Å². The van der Waals surface area contributed by atoms with Crippen molar-refractivity contribution in [1.29, 1.82) is 0 Å². The second kappa shape index (κ2) is 4.90. The van der Waals surface area contributed by atoms with Crippen LogP contribution in [0.4, 0.5) is 8.78 Å². The van der Waals surface area contributed by atoms with Crippen molar-refractivity contribution in [2.75, 3.05) is 0 Å². The van der Waals surface area contributed by atoms with Gasteiger partial charge in [0.25, 0.3) is 0 Å². The second-order valence-corrected chi connectivity index (χ2v) is 5.10. The highest BCUT2D eigenvalue weighted by molar-refractivity contribution is 6.30. The first-order valence-corrected chi connectivity index (χ1v) is 6.43. The van der Waals surface area contributed by atoms with Gasteiger partial charge in [0.15, 0.2) is 11.6 Å². The van der Waals surface area contributed by atoms with Crippen molar-refractivity contribution in [3.05, 3.63) is 46.7 Å². The Labute approximate surface area is 114 Å². The summed E-state index contributed by atoms with van der Waals surface area (Å²) in [5, 5.41) is 7.36. The molecule has 0 atom stereocenters. The minimum Gasteiger partial charge on any atom is -0.310 e. The summed E-state index contributed by atoms with van der Waals surface area (Å²) in [5.74, 6) is -1.29. The molecule has 0 radical (unpaired) electrons. The van der Waals surface area contributed by atoms with Gasteiger partial charge in [-0.05, 0) is 30.5 Å². The summed E-state index contributed by atoms with van der Waals surface area (Å²) in [7, 11) is 0. The number of nitrogens with one attached hydrogen (secondary N) is 1. The first-order valence-electron chi connectivity index (χ1n) is 6.05. The van der Waals surface area contributed by atoms with Crippen LogP contribution in [0.1, 0.15) is 18.4 Å². The van der Waals surface area contributed by atoms with Crippen LogP contribution in [0.5, 0.6) is 0 Å². The molecule has 3 rings (SSSR count). The fraction of sp³-hybridized carbons (Fsp3) is 0.308. The summed E-state index contributed by atoms with van der Waals surface area (Å²) >= 11 is 5.70. The SMILES string of the molecule is Fc1cc(CNC2CC2)cc(F)c1-n1cc(Cl)cn1. The zero-order chi connectivity index (χ0) is 13.4. The number of hydrogen-bond donors (Lipinski definition) is 1. The topological polar surface area (TPSA) is 29.9 Å². The van der Waals surface area contributed by atoms with Crippen LogP contribution in [0.15, 0.2) is 24.5 Å².